The van der Waals surface area contributed by atoms with Crippen LogP contribution in [-0.4, -0.2) is 35.6 Å². The molecule has 0 radical (unpaired) electrons. The molecular weight excluding hydrogens is 597 g/mol. The first-order valence-corrected chi connectivity index (χ1v) is 13.8. The molecule has 0 aliphatic carbocycles. The van der Waals surface area contributed by atoms with Crippen molar-refractivity contribution in [3.05, 3.63) is 94.6 Å². The van der Waals surface area contributed by atoms with Crippen molar-refractivity contribution in [2.24, 2.45) is 0 Å². The van der Waals surface area contributed by atoms with Crippen LogP contribution in [0.1, 0.15) is 16.7 Å². The zero-order valence-corrected chi connectivity index (χ0v) is 22.8. The number of halogens is 4. The highest BCUT2D eigenvalue weighted by Crippen LogP contribution is 2.30. The summed E-state index contributed by atoms with van der Waals surface area (Å²) >= 11 is 6.34. The van der Waals surface area contributed by atoms with Gasteiger partial charge in [-0.15, -0.1) is 0 Å². The van der Waals surface area contributed by atoms with E-state index in [2.05, 4.69) is 25.3 Å². The van der Waals surface area contributed by atoms with E-state index in [4.69, 9.17) is 21.5 Å². The summed E-state index contributed by atoms with van der Waals surface area (Å²) in [4.78, 5) is 17.5. The summed E-state index contributed by atoms with van der Waals surface area (Å²) in [5, 5.41) is 23.2. The van der Waals surface area contributed by atoms with Gasteiger partial charge >= 0.3 is 12.1 Å². The molecule has 0 saturated heterocycles. The predicted molar refractivity (Wildman–Crippen MR) is 150 cm³/mol. The number of aliphatic carboxylic acids is 1. The van der Waals surface area contributed by atoms with E-state index >= 15 is 0 Å². The summed E-state index contributed by atoms with van der Waals surface area (Å²) in [5.41, 5.74) is 3.89. The van der Waals surface area contributed by atoms with E-state index < -0.39 is 22.2 Å². The molecular formula is C27H20ClF3N6O4S. The van der Waals surface area contributed by atoms with Crippen molar-refractivity contribution in [3.8, 4) is 6.07 Å². The van der Waals surface area contributed by atoms with Crippen LogP contribution in [-0.2, 0) is 27.7 Å². The quantitative estimate of drug-likeness (QED) is 0.216. The van der Waals surface area contributed by atoms with Gasteiger partial charge in [-0.3, -0.25) is 4.72 Å². The fourth-order valence-corrected chi connectivity index (χ4v) is 5.18. The van der Waals surface area contributed by atoms with Gasteiger partial charge in [-0.05, 0) is 66.4 Å². The van der Waals surface area contributed by atoms with Crippen LogP contribution >= 0.6 is 11.6 Å². The van der Waals surface area contributed by atoms with Gasteiger partial charge in [0.1, 0.15) is 16.0 Å². The third-order valence-corrected chi connectivity index (χ3v) is 7.39. The van der Waals surface area contributed by atoms with Crippen molar-refractivity contribution < 1.29 is 31.5 Å². The number of sulfonamides is 1. The Balaban J connectivity index is 0.000000517. The Labute approximate surface area is 242 Å². The van der Waals surface area contributed by atoms with Gasteiger partial charge in [-0.25, -0.2) is 18.2 Å². The molecule has 5 rings (SSSR count). The average molecular weight is 617 g/mol. The van der Waals surface area contributed by atoms with Crippen LogP contribution in [0.3, 0.4) is 0 Å². The first kappa shape index (κ1) is 30.1. The number of nitrogens with zero attached hydrogens (tertiary/aromatic N) is 3. The number of benzene rings is 3. The van der Waals surface area contributed by atoms with Crippen molar-refractivity contribution in [3.63, 3.8) is 0 Å². The molecule has 216 valence electrons. The summed E-state index contributed by atoms with van der Waals surface area (Å²) in [6.07, 6.45) is -2.18. The van der Waals surface area contributed by atoms with Crippen molar-refractivity contribution in [1.29, 1.82) is 5.26 Å². The van der Waals surface area contributed by atoms with Crippen LogP contribution in [0.2, 0.25) is 5.02 Å². The molecule has 6 bridgehead atoms. The highest BCUT2D eigenvalue weighted by atomic mass is 35.5. The molecule has 0 amide bonds. The van der Waals surface area contributed by atoms with Crippen molar-refractivity contribution in [2.45, 2.75) is 23.9 Å². The third kappa shape index (κ3) is 7.65. The van der Waals surface area contributed by atoms with Gasteiger partial charge in [0, 0.05) is 11.4 Å². The lowest BCUT2D eigenvalue weighted by molar-refractivity contribution is -0.192. The smallest absolute Gasteiger partial charge is 0.475 e. The van der Waals surface area contributed by atoms with E-state index in [-0.39, 0.29) is 10.5 Å². The number of rotatable bonds is 3. The molecule has 10 nitrogen and oxygen atoms in total. The number of carboxylic acids is 1. The SMILES string of the molecule is N#Cc1ccccc1S(=O)(=O)Nc1cc2cc(c1)Nc1nc(ncc1Cl)Nc1cccc(c1)CC2.O=C(O)C(F)(F)F. The second-order valence-corrected chi connectivity index (χ2v) is 10.8. The molecule has 0 unspecified atom stereocenters. The van der Waals surface area contributed by atoms with Gasteiger partial charge in [0.25, 0.3) is 10.0 Å². The molecule has 1 aliphatic heterocycles. The van der Waals surface area contributed by atoms with Gasteiger partial charge in [-0.2, -0.15) is 23.4 Å². The van der Waals surface area contributed by atoms with E-state index in [9.17, 15) is 26.9 Å². The summed E-state index contributed by atoms with van der Waals surface area (Å²) in [5.74, 6) is -2.01. The van der Waals surface area contributed by atoms with Crippen LogP contribution in [0.5, 0.6) is 0 Å². The third-order valence-electron chi connectivity index (χ3n) is 5.68. The molecule has 0 atom stereocenters. The van der Waals surface area contributed by atoms with E-state index in [0.29, 0.717) is 34.6 Å². The number of nitrogens with one attached hydrogen (secondary N) is 3. The molecule has 1 aliphatic rings. The monoisotopic (exact) mass is 616 g/mol. The Morgan fingerprint density at radius 3 is 2.40 bits per heavy atom. The highest BCUT2D eigenvalue weighted by molar-refractivity contribution is 7.92. The molecule has 3 aromatic carbocycles. The van der Waals surface area contributed by atoms with Gasteiger partial charge < -0.3 is 15.7 Å². The van der Waals surface area contributed by atoms with E-state index in [1.807, 2.05) is 36.4 Å². The van der Waals surface area contributed by atoms with Crippen molar-refractivity contribution in [2.75, 3.05) is 15.4 Å². The standard InChI is InChI=1S/C25H19ClN6O2S.C2HF3O2/c26-22-15-28-25-30-19-6-3-4-16(10-19)8-9-17-11-20(29-24(22)31-25)13-21(12-17)32-35(33,34)23-7-2-1-5-18(23)14-27;3-2(4,5)1(6)7/h1-7,10-13,15,32H,8-9H2,(H2,28,29,30,31);(H,6,7). The molecule has 0 spiro atoms. The van der Waals surface area contributed by atoms with E-state index in [1.54, 1.807) is 24.3 Å². The number of carboxylic acid groups (broad SMARTS) is 1. The summed E-state index contributed by atoms with van der Waals surface area (Å²) in [6.45, 7) is 0. The molecule has 1 aromatic heterocycles. The van der Waals surface area contributed by atoms with Crippen LogP contribution in [0.4, 0.5) is 42.0 Å². The average Bonchev–Trinajstić information content (AvgIpc) is 2.93. The lowest BCUT2D eigenvalue weighted by Gasteiger charge is -2.14. The molecule has 4 N–H and O–H groups in total. The molecule has 4 aromatic rings. The number of anilines is 5. The number of aromatic nitrogens is 2. The fraction of sp³-hybridized carbons (Fsp3) is 0.111. The number of hydrogen-bond donors (Lipinski definition) is 4. The van der Waals surface area contributed by atoms with Gasteiger partial charge in [0.05, 0.1) is 17.4 Å². The largest absolute Gasteiger partial charge is 0.490 e. The first-order chi connectivity index (χ1) is 19.8. The topological polar surface area (TPSA) is 157 Å². The summed E-state index contributed by atoms with van der Waals surface area (Å²) in [6, 6.07) is 21.3. The van der Waals surface area contributed by atoms with E-state index in [0.717, 1.165) is 23.2 Å². The normalized spacial score (nSPS) is 12.4. The Hall–Kier alpha value is -4.87. The Kier molecular flexibility index (Phi) is 8.84. The zero-order valence-electron chi connectivity index (χ0n) is 21.3. The maximum absolute atomic E-state index is 13.1. The Morgan fingerprint density at radius 2 is 1.69 bits per heavy atom. The van der Waals surface area contributed by atoms with E-state index in [1.165, 1.54) is 18.3 Å². The minimum absolute atomic E-state index is 0.0700. The summed E-state index contributed by atoms with van der Waals surface area (Å²) < 4.78 is 60.6. The lowest BCUT2D eigenvalue weighted by Crippen LogP contribution is -2.21. The van der Waals surface area contributed by atoms with Gasteiger partial charge in [0.2, 0.25) is 5.95 Å². The number of hydrogen-bond acceptors (Lipinski definition) is 8. The zero-order chi connectivity index (χ0) is 30.5. The molecule has 15 heteroatoms. The number of nitriles is 1. The Bertz CT molecular complexity index is 1800. The lowest BCUT2D eigenvalue weighted by atomic mass is 10.0. The minimum atomic E-state index is -5.08. The van der Waals surface area contributed by atoms with Crippen molar-refractivity contribution >= 4 is 56.4 Å². The number of alkyl halides is 3. The van der Waals surface area contributed by atoms with Gasteiger partial charge in [0.15, 0.2) is 5.82 Å². The van der Waals surface area contributed by atoms with Crippen LogP contribution in [0.15, 0.2) is 77.8 Å². The van der Waals surface area contributed by atoms with Crippen LogP contribution in [0.25, 0.3) is 0 Å². The van der Waals surface area contributed by atoms with Crippen LogP contribution in [0, 0.1) is 11.3 Å². The number of carbonyl (C=O) groups is 1. The minimum Gasteiger partial charge on any atom is -0.475 e. The first-order valence-electron chi connectivity index (χ1n) is 12.0. The molecule has 2 heterocycles. The molecule has 42 heavy (non-hydrogen) atoms. The second kappa shape index (κ2) is 12.3. The fourth-order valence-electron chi connectivity index (χ4n) is 3.85. The number of aryl methyl sites for hydroxylation is 2. The highest BCUT2D eigenvalue weighted by Gasteiger charge is 2.38. The second-order valence-electron chi connectivity index (χ2n) is 8.78. The van der Waals surface area contributed by atoms with Gasteiger partial charge in [-0.1, -0.05) is 35.9 Å². The number of fused-ring (bicyclic) bond motifs is 6. The maximum atomic E-state index is 13.1. The predicted octanol–water partition coefficient (Wildman–Crippen LogP) is 6.02. The van der Waals surface area contributed by atoms with Crippen LogP contribution < -0.4 is 15.4 Å². The summed E-state index contributed by atoms with van der Waals surface area (Å²) in [7, 11) is -4.00. The molecule has 0 fully saturated rings. The Morgan fingerprint density at radius 1 is 1.00 bits per heavy atom. The van der Waals surface area contributed by atoms with Crippen molar-refractivity contribution in [1.82, 2.24) is 9.97 Å². The molecule has 0 saturated carbocycles. The maximum Gasteiger partial charge on any atom is 0.490 e.